The van der Waals surface area contributed by atoms with E-state index in [1.54, 1.807) is 18.3 Å². The SMILES string of the molecule is C[C@@H]1CN(c2nccc3ccc(O)cc23)C[C@H]1C(=O)O. The average molecular weight is 272 g/mol. The van der Waals surface area contributed by atoms with Gasteiger partial charge in [0.25, 0.3) is 0 Å². The van der Waals surface area contributed by atoms with Gasteiger partial charge >= 0.3 is 5.97 Å². The molecule has 2 atom stereocenters. The Balaban J connectivity index is 2.03. The summed E-state index contributed by atoms with van der Waals surface area (Å²) in [6, 6.07) is 7.03. The van der Waals surface area contributed by atoms with Crippen molar-refractivity contribution < 1.29 is 15.0 Å². The molecule has 104 valence electrons. The number of rotatable bonds is 2. The second-order valence-electron chi connectivity index (χ2n) is 5.37. The van der Waals surface area contributed by atoms with Crippen LogP contribution in [0.15, 0.2) is 30.5 Å². The van der Waals surface area contributed by atoms with Crippen LogP contribution in [0, 0.1) is 11.8 Å². The molecule has 20 heavy (non-hydrogen) atoms. The third kappa shape index (κ3) is 2.05. The van der Waals surface area contributed by atoms with E-state index in [4.69, 9.17) is 0 Å². The highest BCUT2D eigenvalue weighted by Crippen LogP contribution is 2.33. The molecule has 5 heteroatoms. The van der Waals surface area contributed by atoms with Crippen LogP contribution in [0.5, 0.6) is 5.75 Å². The first-order chi connectivity index (χ1) is 9.56. The van der Waals surface area contributed by atoms with E-state index in [2.05, 4.69) is 4.98 Å². The highest BCUT2D eigenvalue weighted by molar-refractivity contribution is 5.93. The van der Waals surface area contributed by atoms with Gasteiger partial charge in [-0.1, -0.05) is 13.0 Å². The van der Waals surface area contributed by atoms with E-state index in [1.165, 1.54) is 0 Å². The molecule has 0 amide bonds. The minimum atomic E-state index is -0.761. The van der Waals surface area contributed by atoms with E-state index < -0.39 is 5.97 Å². The number of aliphatic carboxylic acids is 1. The monoisotopic (exact) mass is 272 g/mol. The molecule has 3 rings (SSSR count). The van der Waals surface area contributed by atoms with Gasteiger partial charge in [-0.05, 0) is 29.5 Å². The molecule has 1 fully saturated rings. The fourth-order valence-corrected chi connectivity index (χ4v) is 2.85. The van der Waals surface area contributed by atoms with Crippen molar-refractivity contribution in [2.45, 2.75) is 6.92 Å². The molecule has 1 aromatic heterocycles. The molecule has 1 aliphatic rings. The number of aromatic hydroxyl groups is 1. The third-order valence-corrected chi connectivity index (χ3v) is 3.96. The Morgan fingerprint density at radius 3 is 2.85 bits per heavy atom. The average Bonchev–Trinajstić information content (AvgIpc) is 2.80. The van der Waals surface area contributed by atoms with E-state index in [-0.39, 0.29) is 17.6 Å². The zero-order valence-electron chi connectivity index (χ0n) is 11.2. The van der Waals surface area contributed by atoms with E-state index >= 15 is 0 Å². The zero-order valence-corrected chi connectivity index (χ0v) is 11.2. The number of aromatic nitrogens is 1. The third-order valence-electron chi connectivity index (χ3n) is 3.96. The van der Waals surface area contributed by atoms with Crippen molar-refractivity contribution in [3.8, 4) is 5.75 Å². The quantitative estimate of drug-likeness (QED) is 0.875. The normalized spacial score (nSPS) is 22.4. The van der Waals surface area contributed by atoms with Crippen LogP contribution in [-0.4, -0.2) is 34.3 Å². The van der Waals surface area contributed by atoms with Crippen LogP contribution >= 0.6 is 0 Å². The molecule has 2 heterocycles. The molecule has 0 aliphatic carbocycles. The van der Waals surface area contributed by atoms with Crippen LogP contribution < -0.4 is 4.90 Å². The van der Waals surface area contributed by atoms with Gasteiger partial charge in [0.15, 0.2) is 0 Å². The summed E-state index contributed by atoms with van der Waals surface area (Å²) in [6.45, 7) is 3.07. The first kappa shape index (κ1) is 12.7. The van der Waals surface area contributed by atoms with Crippen LogP contribution in [0.1, 0.15) is 6.92 Å². The maximum atomic E-state index is 11.2. The van der Waals surface area contributed by atoms with Gasteiger partial charge < -0.3 is 15.1 Å². The molecule has 1 aromatic carbocycles. The maximum absolute atomic E-state index is 11.2. The number of hydrogen-bond acceptors (Lipinski definition) is 4. The molecule has 1 aliphatic heterocycles. The highest BCUT2D eigenvalue weighted by atomic mass is 16.4. The van der Waals surface area contributed by atoms with Crippen LogP contribution in [0.4, 0.5) is 5.82 Å². The standard InChI is InChI=1S/C15H16N2O3/c1-9-7-17(8-13(9)15(19)20)14-12-6-11(18)3-2-10(12)4-5-16-14/h2-6,9,13,18H,7-8H2,1H3,(H,19,20)/t9-,13-/m1/s1. The first-order valence-electron chi connectivity index (χ1n) is 6.62. The Morgan fingerprint density at radius 1 is 1.35 bits per heavy atom. The van der Waals surface area contributed by atoms with Gasteiger partial charge in [-0.2, -0.15) is 0 Å². The van der Waals surface area contributed by atoms with Crippen LogP contribution in [0.3, 0.4) is 0 Å². The minimum Gasteiger partial charge on any atom is -0.508 e. The fraction of sp³-hybridized carbons (Fsp3) is 0.333. The molecular weight excluding hydrogens is 256 g/mol. The molecule has 0 spiro atoms. The van der Waals surface area contributed by atoms with Gasteiger partial charge in [-0.15, -0.1) is 0 Å². The second kappa shape index (κ2) is 4.67. The number of phenolic OH excluding ortho intramolecular Hbond substituents is 1. The number of benzene rings is 1. The van der Waals surface area contributed by atoms with Crippen molar-refractivity contribution in [2.24, 2.45) is 11.8 Å². The summed E-state index contributed by atoms with van der Waals surface area (Å²) in [5, 5.41) is 20.7. The Hall–Kier alpha value is -2.30. The second-order valence-corrected chi connectivity index (χ2v) is 5.37. The topological polar surface area (TPSA) is 73.7 Å². The van der Waals surface area contributed by atoms with Crippen molar-refractivity contribution in [1.29, 1.82) is 0 Å². The van der Waals surface area contributed by atoms with Gasteiger partial charge in [-0.3, -0.25) is 4.79 Å². The Morgan fingerprint density at radius 2 is 2.15 bits per heavy atom. The predicted octanol–water partition coefficient (Wildman–Crippen LogP) is 2.10. The van der Waals surface area contributed by atoms with Crippen LogP contribution in [-0.2, 0) is 4.79 Å². The lowest BCUT2D eigenvalue weighted by Gasteiger charge is -2.19. The molecule has 2 aromatic rings. The summed E-state index contributed by atoms with van der Waals surface area (Å²) >= 11 is 0. The largest absolute Gasteiger partial charge is 0.508 e. The predicted molar refractivity (Wildman–Crippen MR) is 75.9 cm³/mol. The summed E-state index contributed by atoms with van der Waals surface area (Å²) in [5.74, 6) is -0.114. The van der Waals surface area contributed by atoms with Gasteiger partial charge in [0.1, 0.15) is 11.6 Å². The number of pyridine rings is 1. The van der Waals surface area contributed by atoms with E-state index in [1.807, 2.05) is 24.0 Å². The summed E-state index contributed by atoms with van der Waals surface area (Å²) < 4.78 is 0. The first-order valence-corrected chi connectivity index (χ1v) is 6.62. The molecule has 0 bridgehead atoms. The lowest BCUT2D eigenvalue weighted by atomic mass is 9.99. The zero-order chi connectivity index (χ0) is 14.3. The van der Waals surface area contributed by atoms with Gasteiger partial charge in [0, 0.05) is 24.7 Å². The number of anilines is 1. The van der Waals surface area contributed by atoms with Gasteiger partial charge in [0.2, 0.25) is 0 Å². The lowest BCUT2D eigenvalue weighted by molar-refractivity contribution is -0.142. The summed E-state index contributed by atoms with van der Waals surface area (Å²) in [6.07, 6.45) is 1.72. The molecule has 0 radical (unpaired) electrons. The van der Waals surface area contributed by atoms with E-state index in [0.29, 0.717) is 13.1 Å². The fourth-order valence-electron chi connectivity index (χ4n) is 2.85. The summed E-state index contributed by atoms with van der Waals surface area (Å²) in [7, 11) is 0. The van der Waals surface area contributed by atoms with Crippen molar-refractivity contribution in [1.82, 2.24) is 4.98 Å². The lowest BCUT2D eigenvalue weighted by Crippen LogP contribution is -2.23. The summed E-state index contributed by atoms with van der Waals surface area (Å²) in [5.41, 5.74) is 0. The number of carboxylic acids is 1. The Kier molecular flexibility index (Phi) is 2.97. The molecule has 0 unspecified atom stereocenters. The van der Waals surface area contributed by atoms with E-state index in [9.17, 15) is 15.0 Å². The van der Waals surface area contributed by atoms with Crippen molar-refractivity contribution in [2.75, 3.05) is 18.0 Å². The minimum absolute atomic E-state index is 0.0851. The number of hydrogen-bond donors (Lipinski definition) is 2. The molecular formula is C15H16N2O3. The molecule has 1 saturated heterocycles. The number of carboxylic acid groups (broad SMARTS) is 1. The number of fused-ring (bicyclic) bond motifs is 1. The Labute approximate surface area is 116 Å². The maximum Gasteiger partial charge on any atom is 0.308 e. The number of carbonyl (C=O) groups is 1. The summed E-state index contributed by atoms with van der Waals surface area (Å²) in [4.78, 5) is 17.6. The van der Waals surface area contributed by atoms with Crippen LogP contribution in [0.2, 0.25) is 0 Å². The van der Waals surface area contributed by atoms with Gasteiger partial charge in [-0.25, -0.2) is 4.98 Å². The van der Waals surface area contributed by atoms with Crippen molar-refractivity contribution in [3.63, 3.8) is 0 Å². The van der Waals surface area contributed by atoms with Crippen LogP contribution in [0.25, 0.3) is 10.8 Å². The van der Waals surface area contributed by atoms with Gasteiger partial charge in [0.05, 0.1) is 5.92 Å². The number of phenols is 1. The highest BCUT2D eigenvalue weighted by Gasteiger charge is 2.35. The number of nitrogens with zero attached hydrogens (tertiary/aromatic N) is 2. The van der Waals surface area contributed by atoms with E-state index in [0.717, 1.165) is 16.6 Å². The van der Waals surface area contributed by atoms with Crippen molar-refractivity contribution >= 4 is 22.6 Å². The molecule has 5 nitrogen and oxygen atoms in total. The molecule has 2 N–H and O–H groups in total. The van der Waals surface area contributed by atoms with Crippen molar-refractivity contribution in [3.05, 3.63) is 30.5 Å². The molecule has 0 saturated carbocycles. The smallest absolute Gasteiger partial charge is 0.308 e. The Bertz CT molecular complexity index is 671.